The standard InChI is InChI=1S/C13H17F/c1-13(9-3-2-4-10-13)11-5-7-12(14)8-6-11/h5-8H,2-4,9-10H2,1H3. The molecule has 1 aliphatic rings. The Morgan fingerprint density at radius 1 is 1.00 bits per heavy atom. The smallest absolute Gasteiger partial charge is 0.123 e. The van der Waals surface area contributed by atoms with Crippen molar-refractivity contribution in [2.45, 2.75) is 44.4 Å². The van der Waals surface area contributed by atoms with Gasteiger partial charge in [0.15, 0.2) is 0 Å². The minimum absolute atomic E-state index is 0.131. The fourth-order valence-electron chi connectivity index (χ4n) is 2.47. The third kappa shape index (κ3) is 1.82. The van der Waals surface area contributed by atoms with Crippen molar-refractivity contribution < 1.29 is 4.39 Å². The van der Waals surface area contributed by atoms with Crippen LogP contribution in [-0.4, -0.2) is 0 Å². The second-order valence-electron chi connectivity index (χ2n) is 4.63. The van der Waals surface area contributed by atoms with Crippen molar-refractivity contribution in [1.29, 1.82) is 0 Å². The second kappa shape index (κ2) is 3.72. The number of halogens is 1. The van der Waals surface area contributed by atoms with Crippen LogP contribution < -0.4 is 0 Å². The van der Waals surface area contributed by atoms with Crippen molar-refractivity contribution in [2.24, 2.45) is 0 Å². The Morgan fingerprint density at radius 2 is 1.57 bits per heavy atom. The van der Waals surface area contributed by atoms with E-state index >= 15 is 0 Å². The van der Waals surface area contributed by atoms with Gasteiger partial charge in [0.2, 0.25) is 0 Å². The van der Waals surface area contributed by atoms with E-state index < -0.39 is 0 Å². The monoisotopic (exact) mass is 192 g/mol. The quantitative estimate of drug-likeness (QED) is 0.629. The Bertz CT molecular complexity index is 294. The molecule has 1 aromatic carbocycles. The fourth-order valence-corrected chi connectivity index (χ4v) is 2.47. The summed E-state index contributed by atoms with van der Waals surface area (Å²) >= 11 is 0. The van der Waals surface area contributed by atoms with Crippen molar-refractivity contribution >= 4 is 0 Å². The van der Waals surface area contributed by atoms with E-state index in [4.69, 9.17) is 0 Å². The van der Waals surface area contributed by atoms with Crippen LogP contribution in [0.25, 0.3) is 0 Å². The molecule has 0 saturated heterocycles. The van der Waals surface area contributed by atoms with Gasteiger partial charge < -0.3 is 0 Å². The Balaban J connectivity index is 2.23. The van der Waals surface area contributed by atoms with Gasteiger partial charge in [-0.2, -0.15) is 0 Å². The molecule has 0 spiro atoms. The summed E-state index contributed by atoms with van der Waals surface area (Å²) in [5.74, 6) is -0.131. The molecular formula is C13H17F. The molecule has 0 radical (unpaired) electrons. The molecule has 0 nitrogen and oxygen atoms in total. The van der Waals surface area contributed by atoms with Gasteiger partial charge in [-0.05, 0) is 36.0 Å². The van der Waals surface area contributed by atoms with Gasteiger partial charge in [-0.3, -0.25) is 0 Å². The van der Waals surface area contributed by atoms with E-state index in [0.29, 0.717) is 5.41 Å². The van der Waals surface area contributed by atoms with E-state index in [0.717, 1.165) is 0 Å². The van der Waals surface area contributed by atoms with E-state index in [9.17, 15) is 4.39 Å². The summed E-state index contributed by atoms with van der Waals surface area (Å²) in [5, 5.41) is 0. The van der Waals surface area contributed by atoms with Crippen molar-refractivity contribution in [2.75, 3.05) is 0 Å². The van der Waals surface area contributed by atoms with Crippen LogP contribution in [0.4, 0.5) is 4.39 Å². The van der Waals surface area contributed by atoms with Crippen LogP contribution in [0, 0.1) is 5.82 Å². The molecule has 0 unspecified atom stereocenters. The molecule has 0 aromatic heterocycles. The summed E-state index contributed by atoms with van der Waals surface area (Å²) in [4.78, 5) is 0. The molecule has 0 atom stereocenters. The van der Waals surface area contributed by atoms with Crippen molar-refractivity contribution in [3.8, 4) is 0 Å². The first-order chi connectivity index (χ1) is 6.71. The van der Waals surface area contributed by atoms with Crippen LogP contribution in [-0.2, 0) is 5.41 Å². The summed E-state index contributed by atoms with van der Waals surface area (Å²) in [5.41, 5.74) is 1.60. The highest BCUT2D eigenvalue weighted by molar-refractivity contribution is 5.25. The maximum atomic E-state index is 12.8. The lowest BCUT2D eigenvalue weighted by atomic mass is 9.71. The van der Waals surface area contributed by atoms with Gasteiger partial charge in [-0.1, -0.05) is 38.3 Å². The molecule has 0 N–H and O–H groups in total. The molecule has 0 heterocycles. The predicted molar refractivity (Wildman–Crippen MR) is 56.8 cm³/mol. The van der Waals surface area contributed by atoms with Gasteiger partial charge in [-0.15, -0.1) is 0 Å². The second-order valence-corrected chi connectivity index (χ2v) is 4.63. The Labute approximate surface area is 85.1 Å². The summed E-state index contributed by atoms with van der Waals surface area (Å²) < 4.78 is 12.8. The number of benzene rings is 1. The molecule has 1 fully saturated rings. The topological polar surface area (TPSA) is 0 Å². The molecule has 2 rings (SSSR count). The van der Waals surface area contributed by atoms with Crippen molar-refractivity contribution in [3.63, 3.8) is 0 Å². The number of hydrogen-bond acceptors (Lipinski definition) is 0. The van der Waals surface area contributed by atoms with Gasteiger partial charge in [-0.25, -0.2) is 4.39 Å². The highest BCUT2D eigenvalue weighted by Gasteiger charge is 2.28. The average molecular weight is 192 g/mol. The SMILES string of the molecule is CC1(c2ccc(F)cc2)CCCCC1. The highest BCUT2D eigenvalue weighted by atomic mass is 19.1. The minimum Gasteiger partial charge on any atom is -0.207 e. The zero-order valence-electron chi connectivity index (χ0n) is 8.72. The van der Waals surface area contributed by atoms with Crippen LogP contribution >= 0.6 is 0 Å². The van der Waals surface area contributed by atoms with Crippen molar-refractivity contribution in [3.05, 3.63) is 35.6 Å². The lowest BCUT2D eigenvalue weighted by Gasteiger charge is -2.34. The molecule has 0 bridgehead atoms. The fraction of sp³-hybridized carbons (Fsp3) is 0.538. The van der Waals surface area contributed by atoms with Crippen molar-refractivity contribution in [1.82, 2.24) is 0 Å². The summed E-state index contributed by atoms with van der Waals surface area (Å²) in [6, 6.07) is 7.05. The molecular weight excluding hydrogens is 175 g/mol. The highest BCUT2D eigenvalue weighted by Crippen LogP contribution is 2.38. The average Bonchev–Trinajstić information content (AvgIpc) is 2.19. The van der Waals surface area contributed by atoms with Gasteiger partial charge in [0.1, 0.15) is 5.82 Å². The minimum atomic E-state index is -0.131. The van der Waals surface area contributed by atoms with E-state index in [-0.39, 0.29) is 5.82 Å². The third-order valence-electron chi connectivity index (χ3n) is 3.50. The molecule has 1 aliphatic carbocycles. The Hall–Kier alpha value is -0.850. The lowest BCUT2D eigenvalue weighted by Crippen LogP contribution is -2.24. The largest absolute Gasteiger partial charge is 0.207 e. The van der Waals surface area contributed by atoms with Gasteiger partial charge in [0.05, 0.1) is 0 Å². The van der Waals surface area contributed by atoms with Crippen LogP contribution in [0.1, 0.15) is 44.6 Å². The summed E-state index contributed by atoms with van der Waals surface area (Å²) in [6.07, 6.45) is 6.48. The number of rotatable bonds is 1. The first kappa shape index (κ1) is 9.70. The third-order valence-corrected chi connectivity index (χ3v) is 3.50. The predicted octanol–water partition coefficient (Wildman–Crippen LogP) is 4.05. The molecule has 1 aromatic rings. The maximum absolute atomic E-state index is 12.8. The van der Waals surface area contributed by atoms with Crippen LogP contribution in [0.5, 0.6) is 0 Å². The summed E-state index contributed by atoms with van der Waals surface area (Å²) in [7, 11) is 0. The van der Waals surface area contributed by atoms with E-state index in [1.807, 2.05) is 12.1 Å². The zero-order chi connectivity index (χ0) is 10.0. The van der Waals surface area contributed by atoms with Crippen LogP contribution in [0.3, 0.4) is 0 Å². The van der Waals surface area contributed by atoms with Gasteiger partial charge >= 0.3 is 0 Å². The molecule has 0 aliphatic heterocycles. The van der Waals surface area contributed by atoms with Gasteiger partial charge in [0, 0.05) is 0 Å². The van der Waals surface area contributed by atoms with E-state index in [1.54, 1.807) is 12.1 Å². The molecule has 0 amide bonds. The van der Waals surface area contributed by atoms with E-state index in [1.165, 1.54) is 37.7 Å². The Morgan fingerprint density at radius 3 is 2.14 bits per heavy atom. The summed E-state index contributed by atoms with van der Waals surface area (Å²) in [6.45, 7) is 2.30. The first-order valence-electron chi connectivity index (χ1n) is 5.47. The first-order valence-corrected chi connectivity index (χ1v) is 5.47. The maximum Gasteiger partial charge on any atom is 0.123 e. The zero-order valence-corrected chi connectivity index (χ0v) is 8.72. The molecule has 14 heavy (non-hydrogen) atoms. The van der Waals surface area contributed by atoms with Crippen LogP contribution in [0.2, 0.25) is 0 Å². The van der Waals surface area contributed by atoms with Gasteiger partial charge in [0.25, 0.3) is 0 Å². The van der Waals surface area contributed by atoms with Crippen LogP contribution in [0.15, 0.2) is 24.3 Å². The normalized spacial score (nSPS) is 20.7. The number of hydrogen-bond donors (Lipinski definition) is 0. The molecule has 1 heteroatoms. The lowest BCUT2D eigenvalue weighted by molar-refractivity contribution is 0.319. The Kier molecular flexibility index (Phi) is 2.58. The van der Waals surface area contributed by atoms with E-state index in [2.05, 4.69) is 6.92 Å². The molecule has 76 valence electrons. The molecule has 1 saturated carbocycles.